The van der Waals surface area contributed by atoms with Crippen LogP contribution in [0.1, 0.15) is 39.0 Å². The zero-order valence-corrected chi connectivity index (χ0v) is 9.67. The standard InChI is InChI=1S/C12H22N2O/c1-10(15)14-8-7-13-9-12(14)11-5-3-2-4-6-11/h11-13H,2-9H2,1H3. The number of piperazine rings is 1. The Morgan fingerprint density at radius 2 is 2.00 bits per heavy atom. The predicted octanol–water partition coefficient (Wildman–Crippen LogP) is 1.39. The van der Waals surface area contributed by atoms with Crippen molar-refractivity contribution in [2.75, 3.05) is 19.6 Å². The fourth-order valence-corrected chi connectivity index (χ4v) is 3.06. The zero-order valence-electron chi connectivity index (χ0n) is 9.67. The molecule has 1 amide bonds. The number of hydrogen-bond acceptors (Lipinski definition) is 2. The van der Waals surface area contributed by atoms with Gasteiger partial charge in [0.1, 0.15) is 0 Å². The van der Waals surface area contributed by atoms with Crippen molar-refractivity contribution in [2.45, 2.75) is 45.1 Å². The molecule has 1 heterocycles. The third-order valence-electron chi connectivity index (χ3n) is 3.88. The van der Waals surface area contributed by atoms with Crippen molar-refractivity contribution in [3.8, 4) is 0 Å². The van der Waals surface area contributed by atoms with Gasteiger partial charge in [-0.3, -0.25) is 4.79 Å². The summed E-state index contributed by atoms with van der Waals surface area (Å²) in [5.74, 6) is 1.00. The van der Waals surface area contributed by atoms with Gasteiger partial charge in [-0.1, -0.05) is 19.3 Å². The molecule has 1 aliphatic carbocycles. The minimum atomic E-state index is 0.257. The molecule has 0 aromatic carbocycles. The maximum Gasteiger partial charge on any atom is 0.219 e. The molecule has 1 atom stereocenters. The molecule has 0 aromatic rings. The molecule has 1 aliphatic heterocycles. The van der Waals surface area contributed by atoms with Crippen LogP contribution >= 0.6 is 0 Å². The Labute approximate surface area is 92.2 Å². The summed E-state index contributed by atoms with van der Waals surface area (Å²) in [5.41, 5.74) is 0. The van der Waals surface area contributed by atoms with E-state index in [4.69, 9.17) is 0 Å². The Hall–Kier alpha value is -0.570. The minimum Gasteiger partial charge on any atom is -0.337 e. The molecule has 1 saturated heterocycles. The van der Waals surface area contributed by atoms with Crippen LogP contribution in [0.3, 0.4) is 0 Å². The summed E-state index contributed by atoms with van der Waals surface area (Å²) in [6, 6.07) is 0.469. The summed E-state index contributed by atoms with van der Waals surface area (Å²) in [4.78, 5) is 13.6. The van der Waals surface area contributed by atoms with Gasteiger partial charge in [-0.05, 0) is 18.8 Å². The number of nitrogens with zero attached hydrogens (tertiary/aromatic N) is 1. The van der Waals surface area contributed by atoms with Gasteiger partial charge in [0, 0.05) is 32.6 Å². The Morgan fingerprint density at radius 1 is 1.27 bits per heavy atom. The number of nitrogens with one attached hydrogen (secondary N) is 1. The fourth-order valence-electron chi connectivity index (χ4n) is 3.06. The Morgan fingerprint density at radius 3 is 2.67 bits per heavy atom. The summed E-state index contributed by atoms with van der Waals surface area (Å²) in [5, 5.41) is 3.42. The maximum atomic E-state index is 11.6. The van der Waals surface area contributed by atoms with Crippen LogP contribution in [0.25, 0.3) is 0 Å². The molecule has 2 aliphatic rings. The SMILES string of the molecule is CC(=O)N1CCNCC1C1CCCCC1. The van der Waals surface area contributed by atoms with Gasteiger partial charge in [-0.25, -0.2) is 0 Å². The average molecular weight is 210 g/mol. The quantitative estimate of drug-likeness (QED) is 0.709. The lowest BCUT2D eigenvalue weighted by Crippen LogP contribution is -2.56. The second-order valence-electron chi connectivity index (χ2n) is 4.88. The van der Waals surface area contributed by atoms with Crippen LogP contribution in [-0.4, -0.2) is 36.5 Å². The number of amides is 1. The molecule has 0 radical (unpaired) electrons. The molecule has 0 aromatic heterocycles. The van der Waals surface area contributed by atoms with Gasteiger partial charge in [-0.2, -0.15) is 0 Å². The second kappa shape index (κ2) is 4.97. The van der Waals surface area contributed by atoms with Gasteiger partial charge < -0.3 is 10.2 Å². The predicted molar refractivity (Wildman–Crippen MR) is 60.6 cm³/mol. The van der Waals surface area contributed by atoms with Crippen molar-refractivity contribution in [1.82, 2.24) is 10.2 Å². The van der Waals surface area contributed by atoms with Crippen LogP contribution in [0, 0.1) is 5.92 Å². The largest absolute Gasteiger partial charge is 0.337 e. The fraction of sp³-hybridized carbons (Fsp3) is 0.917. The van der Waals surface area contributed by atoms with E-state index in [-0.39, 0.29) is 5.91 Å². The first-order valence-electron chi connectivity index (χ1n) is 6.27. The van der Waals surface area contributed by atoms with Gasteiger partial charge in [0.2, 0.25) is 5.91 Å². The Kier molecular flexibility index (Phi) is 3.62. The van der Waals surface area contributed by atoms with E-state index in [1.165, 1.54) is 32.1 Å². The first-order valence-corrected chi connectivity index (χ1v) is 6.27. The Balaban J connectivity index is 1.99. The molecule has 86 valence electrons. The molecule has 15 heavy (non-hydrogen) atoms. The van der Waals surface area contributed by atoms with Gasteiger partial charge >= 0.3 is 0 Å². The van der Waals surface area contributed by atoms with Crippen LogP contribution in [0.4, 0.5) is 0 Å². The topological polar surface area (TPSA) is 32.3 Å². The molecule has 3 nitrogen and oxygen atoms in total. The maximum absolute atomic E-state index is 11.6. The summed E-state index contributed by atoms with van der Waals surface area (Å²) in [6.45, 7) is 4.57. The molecule has 1 saturated carbocycles. The highest BCUT2D eigenvalue weighted by Gasteiger charge is 2.31. The first-order chi connectivity index (χ1) is 7.29. The first kappa shape index (κ1) is 10.9. The number of carbonyl (C=O) groups is 1. The van der Waals surface area contributed by atoms with E-state index in [9.17, 15) is 4.79 Å². The highest BCUT2D eigenvalue weighted by molar-refractivity contribution is 5.73. The lowest BCUT2D eigenvalue weighted by atomic mass is 9.82. The number of rotatable bonds is 1. The number of hydrogen-bond donors (Lipinski definition) is 1. The van der Waals surface area contributed by atoms with Gasteiger partial charge in [-0.15, -0.1) is 0 Å². The van der Waals surface area contributed by atoms with Crippen molar-refractivity contribution in [2.24, 2.45) is 5.92 Å². The van der Waals surface area contributed by atoms with Crippen molar-refractivity contribution in [1.29, 1.82) is 0 Å². The molecule has 1 unspecified atom stereocenters. The van der Waals surface area contributed by atoms with E-state index in [0.717, 1.165) is 25.6 Å². The van der Waals surface area contributed by atoms with E-state index in [2.05, 4.69) is 10.2 Å². The van der Waals surface area contributed by atoms with E-state index < -0.39 is 0 Å². The van der Waals surface area contributed by atoms with E-state index in [1.54, 1.807) is 6.92 Å². The molecule has 2 fully saturated rings. The third kappa shape index (κ3) is 2.51. The van der Waals surface area contributed by atoms with E-state index in [1.807, 2.05) is 0 Å². The molecule has 0 spiro atoms. The minimum absolute atomic E-state index is 0.257. The monoisotopic (exact) mass is 210 g/mol. The van der Waals surface area contributed by atoms with Crippen molar-refractivity contribution in [3.63, 3.8) is 0 Å². The molecular formula is C12H22N2O. The van der Waals surface area contributed by atoms with Crippen LogP contribution in [-0.2, 0) is 4.79 Å². The van der Waals surface area contributed by atoms with Crippen molar-refractivity contribution in [3.05, 3.63) is 0 Å². The normalized spacial score (nSPS) is 29.1. The average Bonchev–Trinajstić information content (AvgIpc) is 2.30. The number of carbonyl (C=O) groups excluding carboxylic acids is 1. The molecule has 1 N–H and O–H groups in total. The van der Waals surface area contributed by atoms with Gasteiger partial charge in [0.15, 0.2) is 0 Å². The second-order valence-corrected chi connectivity index (χ2v) is 4.88. The van der Waals surface area contributed by atoms with Gasteiger partial charge in [0.25, 0.3) is 0 Å². The summed E-state index contributed by atoms with van der Waals surface area (Å²) in [7, 11) is 0. The Bertz CT molecular complexity index is 224. The van der Waals surface area contributed by atoms with E-state index >= 15 is 0 Å². The molecular weight excluding hydrogens is 188 g/mol. The third-order valence-corrected chi connectivity index (χ3v) is 3.88. The van der Waals surface area contributed by atoms with E-state index in [0.29, 0.717) is 6.04 Å². The smallest absolute Gasteiger partial charge is 0.219 e. The molecule has 2 rings (SSSR count). The van der Waals surface area contributed by atoms with Crippen LogP contribution in [0.15, 0.2) is 0 Å². The summed E-state index contributed by atoms with van der Waals surface area (Å²) >= 11 is 0. The van der Waals surface area contributed by atoms with Crippen LogP contribution in [0.5, 0.6) is 0 Å². The van der Waals surface area contributed by atoms with Crippen molar-refractivity contribution < 1.29 is 4.79 Å². The zero-order chi connectivity index (χ0) is 10.7. The molecule has 3 heteroatoms. The highest BCUT2D eigenvalue weighted by atomic mass is 16.2. The summed E-state index contributed by atoms with van der Waals surface area (Å²) < 4.78 is 0. The lowest BCUT2D eigenvalue weighted by molar-refractivity contribution is -0.133. The molecule has 0 bridgehead atoms. The lowest BCUT2D eigenvalue weighted by Gasteiger charge is -2.41. The summed E-state index contributed by atoms with van der Waals surface area (Å²) in [6.07, 6.45) is 6.72. The van der Waals surface area contributed by atoms with Crippen LogP contribution in [0.2, 0.25) is 0 Å². The van der Waals surface area contributed by atoms with Gasteiger partial charge in [0.05, 0.1) is 0 Å². The van der Waals surface area contributed by atoms with Crippen molar-refractivity contribution >= 4 is 5.91 Å². The highest BCUT2D eigenvalue weighted by Crippen LogP contribution is 2.29. The van der Waals surface area contributed by atoms with Crippen LogP contribution < -0.4 is 5.32 Å².